The topological polar surface area (TPSA) is 99.6 Å². The lowest BCUT2D eigenvalue weighted by Gasteiger charge is -2.12. The van der Waals surface area contributed by atoms with Gasteiger partial charge >= 0.3 is 0 Å². The van der Waals surface area contributed by atoms with Gasteiger partial charge in [0.2, 0.25) is 5.95 Å². The smallest absolute Gasteiger partial charge is 0.277 e. The molecule has 0 unspecified atom stereocenters. The molecule has 8 rings (SSSR count). The second kappa shape index (κ2) is 12.2. The first kappa shape index (κ1) is 28.7. The number of hydrogen-bond donors (Lipinski definition) is 0. The molecule has 0 saturated heterocycles. The van der Waals surface area contributed by atoms with E-state index in [9.17, 15) is 10.1 Å². The van der Waals surface area contributed by atoms with E-state index in [0.29, 0.717) is 39.8 Å². The fourth-order valence-corrected chi connectivity index (χ4v) is 5.88. The average molecular weight is 623 g/mol. The first-order valence-corrected chi connectivity index (χ1v) is 15.4. The highest BCUT2D eigenvalue weighted by atomic mass is 16.6. The molecule has 8 heteroatoms. The molecule has 0 aliphatic heterocycles. The zero-order chi connectivity index (χ0) is 32.5. The first-order valence-electron chi connectivity index (χ1n) is 15.4. The molecule has 0 spiro atoms. The van der Waals surface area contributed by atoms with Crippen molar-refractivity contribution in [2.75, 3.05) is 0 Å². The molecule has 0 saturated carbocycles. The molecular formula is C40H26N6O2. The lowest BCUT2D eigenvalue weighted by molar-refractivity contribution is -0.384. The summed E-state index contributed by atoms with van der Waals surface area (Å²) in [4.78, 5) is 31.1. The van der Waals surface area contributed by atoms with Crippen LogP contribution >= 0.6 is 0 Å². The van der Waals surface area contributed by atoms with E-state index in [1.54, 1.807) is 24.4 Å². The Kier molecular flexibility index (Phi) is 7.28. The van der Waals surface area contributed by atoms with Gasteiger partial charge in [-0.15, -0.1) is 0 Å². The molecule has 3 heterocycles. The predicted octanol–water partition coefficient (Wildman–Crippen LogP) is 9.45. The molecule has 0 radical (unpaired) electrons. The van der Waals surface area contributed by atoms with Crippen LogP contribution in [0.15, 0.2) is 158 Å². The van der Waals surface area contributed by atoms with Crippen LogP contribution in [-0.4, -0.2) is 29.4 Å². The molecule has 0 fully saturated rings. The fourth-order valence-electron chi connectivity index (χ4n) is 5.88. The summed E-state index contributed by atoms with van der Waals surface area (Å²) < 4.78 is 1.86. The number of nitrogens with zero attached hydrogens (tertiary/aromatic N) is 6. The van der Waals surface area contributed by atoms with E-state index in [4.69, 9.17) is 15.0 Å². The SMILES string of the molecule is O=[N+]([O-])c1ccccc1-c1cnc2ccn(-c3nc(-c4cccc(-c5ccccc5)c4)nc(-c4cccc(-c5ccccc5)c4)n3)c2c1. The Morgan fingerprint density at radius 2 is 1.06 bits per heavy atom. The number of nitro benzene ring substituents is 1. The molecule has 0 amide bonds. The van der Waals surface area contributed by atoms with Gasteiger partial charge in [-0.05, 0) is 52.6 Å². The molecule has 228 valence electrons. The molecule has 0 aliphatic carbocycles. The second-order valence-electron chi connectivity index (χ2n) is 11.3. The largest absolute Gasteiger partial charge is 0.284 e. The Bertz CT molecular complexity index is 2340. The monoisotopic (exact) mass is 622 g/mol. The van der Waals surface area contributed by atoms with Gasteiger partial charge in [0.05, 0.1) is 21.5 Å². The highest BCUT2D eigenvalue weighted by Gasteiger charge is 2.18. The maximum Gasteiger partial charge on any atom is 0.277 e. The normalized spacial score (nSPS) is 11.1. The number of rotatable bonds is 7. The van der Waals surface area contributed by atoms with Crippen LogP contribution in [0, 0.1) is 10.1 Å². The van der Waals surface area contributed by atoms with Crippen LogP contribution < -0.4 is 0 Å². The highest BCUT2D eigenvalue weighted by Crippen LogP contribution is 2.33. The van der Waals surface area contributed by atoms with Crippen molar-refractivity contribution >= 4 is 16.7 Å². The number of fused-ring (bicyclic) bond motifs is 1. The number of aromatic nitrogens is 5. The summed E-state index contributed by atoms with van der Waals surface area (Å²) in [6.07, 6.45) is 3.52. The van der Waals surface area contributed by atoms with Crippen molar-refractivity contribution in [1.29, 1.82) is 0 Å². The van der Waals surface area contributed by atoms with Crippen molar-refractivity contribution in [2.45, 2.75) is 0 Å². The number of hydrogen-bond acceptors (Lipinski definition) is 6. The summed E-state index contributed by atoms with van der Waals surface area (Å²) in [5.41, 5.74) is 8.50. The number of benzene rings is 5. The molecule has 3 aromatic heterocycles. The van der Waals surface area contributed by atoms with E-state index in [2.05, 4.69) is 53.5 Å². The number of pyridine rings is 1. The fraction of sp³-hybridized carbons (Fsp3) is 0. The van der Waals surface area contributed by atoms with Gasteiger partial charge in [-0.2, -0.15) is 9.97 Å². The van der Waals surface area contributed by atoms with Crippen molar-refractivity contribution in [3.05, 3.63) is 168 Å². The summed E-state index contributed by atoms with van der Waals surface area (Å²) in [5, 5.41) is 11.8. The Labute approximate surface area is 275 Å². The molecule has 0 N–H and O–H groups in total. The minimum atomic E-state index is -0.379. The Morgan fingerprint density at radius 3 is 1.67 bits per heavy atom. The molecular weight excluding hydrogens is 596 g/mol. The highest BCUT2D eigenvalue weighted by molar-refractivity contribution is 5.85. The van der Waals surface area contributed by atoms with Crippen LogP contribution in [0.1, 0.15) is 0 Å². The summed E-state index contributed by atoms with van der Waals surface area (Å²) in [5.74, 6) is 1.44. The summed E-state index contributed by atoms with van der Waals surface area (Å²) in [6, 6.07) is 47.1. The van der Waals surface area contributed by atoms with Gasteiger partial charge < -0.3 is 0 Å². The maximum absolute atomic E-state index is 11.8. The third-order valence-electron chi connectivity index (χ3n) is 8.24. The summed E-state index contributed by atoms with van der Waals surface area (Å²) >= 11 is 0. The van der Waals surface area contributed by atoms with Gasteiger partial charge in [0.25, 0.3) is 5.69 Å². The van der Waals surface area contributed by atoms with E-state index in [-0.39, 0.29) is 10.6 Å². The first-order chi connectivity index (χ1) is 23.6. The van der Waals surface area contributed by atoms with Crippen LogP contribution in [0.25, 0.3) is 73.1 Å². The van der Waals surface area contributed by atoms with Crippen molar-refractivity contribution < 1.29 is 4.92 Å². The van der Waals surface area contributed by atoms with Gasteiger partial charge in [-0.25, -0.2) is 4.98 Å². The van der Waals surface area contributed by atoms with E-state index in [1.807, 2.05) is 83.6 Å². The molecule has 0 bridgehead atoms. The second-order valence-corrected chi connectivity index (χ2v) is 11.3. The van der Waals surface area contributed by atoms with Crippen LogP contribution in [-0.2, 0) is 0 Å². The standard InChI is InChI=1S/C40H26N6O2/c47-46(48)36-20-8-7-19-34(36)33-25-37-35(41-26-33)21-22-45(37)40-43-38(31-17-9-15-29(23-31)27-11-3-1-4-12-27)42-39(44-40)32-18-10-16-30(24-32)28-13-5-2-6-14-28/h1-26H. The Balaban J connectivity index is 1.31. The van der Waals surface area contributed by atoms with E-state index >= 15 is 0 Å². The van der Waals surface area contributed by atoms with E-state index in [0.717, 1.165) is 33.4 Å². The van der Waals surface area contributed by atoms with Gasteiger partial charge in [0.1, 0.15) is 0 Å². The lowest BCUT2D eigenvalue weighted by atomic mass is 10.0. The third-order valence-corrected chi connectivity index (χ3v) is 8.24. The van der Waals surface area contributed by atoms with Crippen molar-refractivity contribution in [3.63, 3.8) is 0 Å². The van der Waals surface area contributed by atoms with E-state index in [1.165, 1.54) is 6.07 Å². The van der Waals surface area contributed by atoms with Crippen molar-refractivity contribution in [1.82, 2.24) is 24.5 Å². The lowest BCUT2D eigenvalue weighted by Crippen LogP contribution is -2.06. The maximum atomic E-state index is 11.8. The summed E-state index contributed by atoms with van der Waals surface area (Å²) in [7, 11) is 0. The van der Waals surface area contributed by atoms with Crippen LogP contribution in [0.2, 0.25) is 0 Å². The molecule has 5 aromatic carbocycles. The average Bonchev–Trinajstić information content (AvgIpc) is 3.59. The van der Waals surface area contributed by atoms with Crippen molar-refractivity contribution in [2.24, 2.45) is 0 Å². The van der Waals surface area contributed by atoms with Crippen molar-refractivity contribution in [3.8, 4) is 62.1 Å². The zero-order valence-electron chi connectivity index (χ0n) is 25.5. The quantitative estimate of drug-likeness (QED) is 0.130. The third kappa shape index (κ3) is 5.48. The van der Waals surface area contributed by atoms with E-state index < -0.39 is 0 Å². The number of nitro groups is 1. The van der Waals surface area contributed by atoms with Crippen LogP contribution in [0.3, 0.4) is 0 Å². The molecule has 8 nitrogen and oxygen atoms in total. The minimum absolute atomic E-state index is 0.0121. The van der Waals surface area contributed by atoms with Crippen LogP contribution in [0.4, 0.5) is 5.69 Å². The molecule has 8 aromatic rings. The van der Waals surface area contributed by atoms with Gasteiger partial charge in [-0.1, -0.05) is 109 Å². The Morgan fingerprint density at radius 1 is 0.521 bits per heavy atom. The predicted molar refractivity (Wildman–Crippen MR) is 188 cm³/mol. The Hall–Kier alpha value is -6.80. The minimum Gasteiger partial charge on any atom is -0.284 e. The van der Waals surface area contributed by atoms with Gasteiger partial charge in [0, 0.05) is 35.2 Å². The number of para-hydroxylation sites is 1. The van der Waals surface area contributed by atoms with Gasteiger partial charge in [-0.3, -0.25) is 19.7 Å². The molecule has 48 heavy (non-hydrogen) atoms. The molecule has 0 atom stereocenters. The molecule has 0 aliphatic rings. The zero-order valence-corrected chi connectivity index (χ0v) is 25.5. The van der Waals surface area contributed by atoms with Gasteiger partial charge in [0.15, 0.2) is 11.6 Å². The summed E-state index contributed by atoms with van der Waals surface area (Å²) in [6.45, 7) is 0. The van der Waals surface area contributed by atoms with Crippen LogP contribution in [0.5, 0.6) is 0 Å².